The van der Waals surface area contributed by atoms with Crippen molar-refractivity contribution < 1.29 is 9.18 Å². The zero-order valence-electron chi connectivity index (χ0n) is 9.27. The molecular weight excluding hydrogens is 221 g/mol. The van der Waals surface area contributed by atoms with Crippen LogP contribution in [-0.4, -0.2) is 28.9 Å². The highest BCUT2D eigenvalue weighted by Gasteiger charge is 2.25. The molecule has 1 amide bonds. The number of amides is 1. The average Bonchev–Trinajstić information content (AvgIpc) is 2.38. The first-order valence-corrected chi connectivity index (χ1v) is 5.51. The Morgan fingerprint density at radius 1 is 1.65 bits per heavy atom. The molecule has 1 aliphatic heterocycles. The summed E-state index contributed by atoms with van der Waals surface area (Å²) in [5.74, 6) is -1.11. The van der Waals surface area contributed by atoms with Gasteiger partial charge in [0.05, 0.1) is 23.7 Å². The van der Waals surface area contributed by atoms with Gasteiger partial charge in [-0.1, -0.05) is 0 Å². The molecule has 1 unspecified atom stereocenters. The highest BCUT2D eigenvalue weighted by molar-refractivity contribution is 5.94. The number of carbonyl (C=O) groups excluding carboxylic acids is 1. The van der Waals surface area contributed by atoms with Gasteiger partial charge in [0, 0.05) is 19.3 Å². The average molecular weight is 233 g/mol. The van der Waals surface area contributed by atoms with Crippen molar-refractivity contribution >= 4 is 5.91 Å². The van der Waals surface area contributed by atoms with Gasteiger partial charge in [-0.3, -0.25) is 9.78 Å². The lowest BCUT2D eigenvalue weighted by Gasteiger charge is -2.29. The van der Waals surface area contributed by atoms with Crippen LogP contribution in [0.5, 0.6) is 0 Å². The molecule has 88 valence electrons. The van der Waals surface area contributed by atoms with Gasteiger partial charge in [0.15, 0.2) is 5.82 Å². The number of aromatic nitrogens is 1. The van der Waals surface area contributed by atoms with E-state index in [0.29, 0.717) is 13.1 Å². The summed E-state index contributed by atoms with van der Waals surface area (Å²) in [6.45, 7) is 0.968. The standard InChI is InChI=1S/C12H12FN3O/c13-11-7-15-4-3-10(11)12(17)16-5-1-2-9(6-14)8-16/h3-4,7,9H,1-2,5,8H2. The highest BCUT2D eigenvalue weighted by atomic mass is 19.1. The Kier molecular flexibility index (Phi) is 3.33. The van der Waals surface area contributed by atoms with Gasteiger partial charge in [0.1, 0.15) is 0 Å². The third kappa shape index (κ3) is 2.41. The molecule has 0 aliphatic carbocycles. The molecule has 1 fully saturated rings. The molecule has 0 N–H and O–H groups in total. The molecule has 1 aromatic heterocycles. The van der Waals surface area contributed by atoms with E-state index < -0.39 is 5.82 Å². The lowest BCUT2D eigenvalue weighted by atomic mass is 9.99. The lowest BCUT2D eigenvalue weighted by Crippen LogP contribution is -2.39. The van der Waals surface area contributed by atoms with Gasteiger partial charge in [-0.25, -0.2) is 4.39 Å². The first kappa shape index (κ1) is 11.5. The van der Waals surface area contributed by atoms with Crippen LogP contribution in [0.2, 0.25) is 0 Å². The molecule has 0 spiro atoms. The molecule has 0 radical (unpaired) electrons. The van der Waals surface area contributed by atoms with E-state index in [1.807, 2.05) is 0 Å². The van der Waals surface area contributed by atoms with E-state index in [4.69, 9.17) is 5.26 Å². The number of nitrogens with zero attached hydrogens (tertiary/aromatic N) is 3. The zero-order chi connectivity index (χ0) is 12.3. The molecule has 0 saturated carbocycles. The van der Waals surface area contributed by atoms with E-state index in [-0.39, 0.29) is 17.4 Å². The van der Waals surface area contributed by atoms with Gasteiger partial charge in [0.25, 0.3) is 5.91 Å². The van der Waals surface area contributed by atoms with Crippen LogP contribution >= 0.6 is 0 Å². The van der Waals surface area contributed by atoms with E-state index in [0.717, 1.165) is 19.0 Å². The number of hydrogen-bond donors (Lipinski definition) is 0. The molecule has 0 aromatic carbocycles. The fraction of sp³-hybridized carbons (Fsp3) is 0.417. The van der Waals surface area contributed by atoms with Crippen LogP contribution in [0.25, 0.3) is 0 Å². The molecular formula is C12H12FN3O. The van der Waals surface area contributed by atoms with E-state index in [1.165, 1.54) is 17.2 Å². The third-order valence-corrected chi connectivity index (χ3v) is 2.89. The number of likely N-dealkylation sites (tertiary alicyclic amines) is 1. The minimum Gasteiger partial charge on any atom is -0.337 e. The van der Waals surface area contributed by atoms with Crippen LogP contribution in [0.3, 0.4) is 0 Å². The highest BCUT2D eigenvalue weighted by Crippen LogP contribution is 2.18. The number of piperidine rings is 1. The van der Waals surface area contributed by atoms with Gasteiger partial charge < -0.3 is 4.90 Å². The number of pyridine rings is 1. The summed E-state index contributed by atoms with van der Waals surface area (Å²) in [4.78, 5) is 17.2. The molecule has 17 heavy (non-hydrogen) atoms. The van der Waals surface area contributed by atoms with Gasteiger partial charge in [-0.2, -0.15) is 5.26 Å². The molecule has 5 heteroatoms. The second kappa shape index (κ2) is 4.91. The van der Waals surface area contributed by atoms with Crippen LogP contribution in [0, 0.1) is 23.1 Å². The van der Waals surface area contributed by atoms with Gasteiger partial charge in [0.2, 0.25) is 0 Å². The smallest absolute Gasteiger partial charge is 0.256 e. The minimum absolute atomic E-state index is 0.0265. The molecule has 1 aliphatic rings. The fourth-order valence-electron chi connectivity index (χ4n) is 1.99. The first-order valence-electron chi connectivity index (χ1n) is 5.51. The number of nitriles is 1. The van der Waals surface area contributed by atoms with Crippen molar-refractivity contribution in [3.05, 3.63) is 29.8 Å². The van der Waals surface area contributed by atoms with Crippen LogP contribution in [-0.2, 0) is 0 Å². The predicted octanol–water partition coefficient (Wildman–Crippen LogP) is 1.60. The maximum atomic E-state index is 13.4. The number of rotatable bonds is 1. The zero-order valence-corrected chi connectivity index (χ0v) is 9.27. The summed E-state index contributed by atoms with van der Waals surface area (Å²) >= 11 is 0. The maximum absolute atomic E-state index is 13.4. The Morgan fingerprint density at radius 2 is 2.47 bits per heavy atom. The summed E-state index contributed by atoms with van der Waals surface area (Å²) in [5, 5.41) is 8.84. The van der Waals surface area contributed by atoms with Gasteiger partial charge >= 0.3 is 0 Å². The second-order valence-electron chi connectivity index (χ2n) is 4.07. The van der Waals surface area contributed by atoms with Crippen molar-refractivity contribution in [2.45, 2.75) is 12.8 Å². The summed E-state index contributed by atoms with van der Waals surface area (Å²) < 4.78 is 13.4. The quantitative estimate of drug-likeness (QED) is 0.740. The summed E-state index contributed by atoms with van der Waals surface area (Å²) in [6, 6.07) is 3.52. The van der Waals surface area contributed by atoms with Crippen molar-refractivity contribution in [1.82, 2.24) is 9.88 Å². The predicted molar refractivity (Wildman–Crippen MR) is 58.4 cm³/mol. The van der Waals surface area contributed by atoms with Crippen LogP contribution in [0.15, 0.2) is 18.5 Å². The first-order chi connectivity index (χ1) is 8.22. The molecule has 1 saturated heterocycles. The van der Waals surface area contributed by atoms with E-state index >= 15 is 0 Å². The Morgan fingerprint density at radius 3 is 3.18 bits per heavy atom. The van der Waals surface area contributed by atoms with Crippen molar-refractivity contribution in [3.8, 4) is 6.07 Å². The van der Waals surface area contributed by atoms with Crippen molar-refractivity contribution in [1.29, 1.82) is 5.26 Å². The Labute approximate surface area is 98.7 Å². The van der Waals surface area contributed by atoms with Crippen LogP contribution in [0.1, 0.15) is 23.2 Å². The van der Waals surface area contributed by atoms with E-state index in [9.17, 15) is 9.18 Å². The normalized spacial score (nSPS) is 19.8. The number of carbonyl (C=O) groups is 1. The Bertz CT molecular complexity index is 469. The molecule has 4 nitrogen and oxygen atoms in total. The van der Waals surface area contributed by atoms with Crippen LogP contribution in [0.4, 0.5) is 4.39 Å². The van der Waals surface area contributed by atoms with Crippen molar-refractivity contribution in [2.75, 3.05) is 13.1 Å². The summed E-state index contributed by atoms with van der Waals surface area (Å²) in [6.07, 6.45) is 4.01. The third-order valence-electron chi connectivity index (χ3n) is 2.89. The van der Waals surface area contributed by atoms with E-state index in [1.54, 1.807) is 0 Å². The minimum atomic E-state index is -0.614. The molecule has 1 atom stereocenters. The summed E-state index contributed by atoms with van der Waals surface area (Å²) in [7, 11) is 0. The SMILES string of the molecule is N#CC1CCCN(C(=O)c2ccncc2F)C1. The Hall–Kier alpha value is -1.96. The van der Waals surface area contributed by atoms with Crippen molar-refractivity contribution in [2.24, 2.45) is 5.92 Å². The monoisotopic (exact) mass is 233 g/mol. The topological polar surface area (TPSA) is 57.0 Å². The molecule has 1 aromatic rings. The maximum Gasteiger partial charge on any atom is 0.256 e. The largest absolute Gasteiger partial charge is 0.337 e. The number of hydrogen-bond acceptors (Lipinski definition) is 3. The number of halogens is 1. The Balaban J connectivity index is 2.16. The second-order valence-corrected chi connectivity index (χ2v) is 4.07. The summed E-state index contributed by atoms with van der Waals surface area (Å²) in [5.41, 5.74) is 0.0265. The van der Waals surface area contributed by atoms with Gasteiger partial charge in [-0.05, 0) is 18.9 Å². The fourth-order valence-corrected chi connectivity index (χ4v) is 1.99. The van der Waals surface area contributed by atoms with Crippen molar-refractivity contribution in [3.63, 3.8) is 0 Å². The molecule has 2 rings (SSSR count). The van der Waals surface area contributed by atoms with E-state index in [2.05, 4.69) is 11.1 Å². The lowest BCUT2D eigenvalue weighted by molar-refractivity contribution is 0.0694. The molecule has 2 heterocycles. The van der Waals surface area contributed by atoms with Gasteiger partial charge in [-0.15, -0.1) is 0 Å². The molecule has 0 bridgehead atoms. The van der Waals surface area contributed by atoms with Crippen LogP contribution < -0.4 is 0 Å².